The summed E-state index contributed by atoms with van der Waals surface area (Å²) in [6.45, 7) is 12.7. The van der Waals surface area contributed by atoms with Crippen LogP contribution in [-0.2, 0) is 4.79 Å². The average molecular weight is 420 g/mol. The summed E-state index contributed by atoms with van der Waals surface area (Å²) in [4.78, 5) is 11.2. The minimum atomic E-state index is -0.240. The molecule has 3 fully saturated rings. The van der Waals surface area contributed by atoms with Crippen molar-refractivity contribution >= 4 is 5.78 Å². The predicted molar refractivity (Wildman–Crippen MR) is 127 cm³/mol. The first-order valence-electron chi connectivity index (χ1n) is 12.2. The lowest BCUT2D eigenvalue weighted by Gasteiger charge is -2.44. The van der Waals surface area contributed by atoms with E-state index >= 15 is 0 Å². The fraction of sp³-hybridized carbons (Fsp3) is 0.741. The van der Waals surface area contributed by atoms with Gasteiger partial charge in [-0.15, -0.1) is 0 Å². The highest BCUT2D eigenvalue weighted by Crippen LogP contribution is 2.87. The summed E-state index contributed by atoms with van der Waals surface area (Å²) in [6.07, 6.45) is 9.05. The highest BCUT2D eigenvalue weighted by atomic mass is 19.1. The Hall–Kier alpha value is -1.22. The van der Waals surface area contributed by atoms with Crippen LogP contribution >= 0.6 is 0 Å². The summed E-state index contributed by atoms with van der Waals surface area (Å²) < 4.78 is 13.0. The molecule has 1 aromatic carbocycles. The quantitative estimate of drug-likeness (QED) is 0.473. The average Bonchev–Trinajstić information content (AvgIpc) is 3.16. The molecule has 3 aliphatic rings. The zero-order valence-corrected chi connectivity index (χ0v) is 20.1. The van der Waals surface area contributed by atoms with Gasteiger partial charge < -0.3 is 10.5 Å². The second-order valence-electron chi connectivity index (χ2n) is 10.0. The Morgan fingerprint density at radius 1 is 1.20 bits per heavy atom. The molecule has 3 heteroatoms. The van der Waals surface area contributed by atoms with Crippen molar-refractivity contribution in [1.82, 2.24) is 0 Å². The first kappa shape index (κ1) is 25.0. The first-order chi connectivity index (χ1) is 14.2. The van der Waals surface area contributed by atoms with Crippen LogP contribution in [0.1, 0.15) is 106 Å². The molecule has 0 aliphatic heterocycles. The number of Topliss-reactive ketones (excluding diaryl/α,β-unsaturated/α-hetero) is 1. The van der Waals surface area contributed by atoms with Crippen LogP contribution in [0.5, 0.6) is 0 Å². The highest BCUT2D eigenvalue weighted by molar-refractivity contribution is 5.75. The van der Waals surface area contributed by atoms with Gasteiger partial charge in [0.1, 0.15) is 11.6 Å². The van der Waals surface area contributed by atoms with Crippen LogP contribution in [0.4, 0.5) is 4.39 Å². The standard InChI is InChI=1S/C16H24FNO.C9H14.C2H6.H2/c1-3-4-5-16(18)15(11-6-12(2)19)13-7-9-14(17)10-8-13;1-8-4-3-6-7(5-8)9(6,8)2;1-2;/h7-10,15-16H,3-6,11,18H2,1-2H3;6-7H,3-5H2,1-2H3;1-2H3;1H/t;6-,7?,8+,9?;;/m.1../s1. The number of ketones is 1. The van der Waals surface area contributed by atoms with Gasteiger partial charge in [0.25, 0.3) is 0 Å². The van der Waals surface area contributed by atoms with E-state index in [2.05, 4.69) is 20.8 Å². The summed E-state index contributed by atoms with van der Waals surface area (Å²) in [6, 6.07) is 6.52. The number of halogens is 1. The maximum atomic E-state index is 13.0. The Kier molecular flexibility index (Phi) is 8.68. The van der Waals surface area contributed by atoms with E-state index < -0.39 is 0 Å². The Bertz CT molecular complexity index is 687. The lowest BCUT2D eigenvalue weighted by molar-refractivity contribution is -0.117. The molecule has 2 N–H and O–H groups in total. The Labute approximate surface area is 185 Å². The van der Waals surface area contributed by atoms with Gasteiger partial charge in [-0.25, -0.2) is 4.39 Å². The zero-order valence-electron chi connectivity index (χ0n) is 20.1. The summed E-state index contributed by atoms with van der Waals surface area (Å²) in [7, 11) is 0. The van der Waals surface area contributed by atoms with Gasteiger partial charge >= 0.3 is 0 Å². The third kappa shape index (κ3) is 4.98. The molecule has 0 bridgehead atoms. The minimum Gasteiger partial charge on any atom is -0.327 e. The molecular formula is C27H46FNO. The van der Waals surface area contributed by atoms with Gasteiger partial charge in [-0.2, -0.15) is 0 Å². The number of hydrogen-bond donors (Lipinski definition) is 1. The Balaban J connectivity index is 0.000000328. The molecule has 2 nitrogen and oxygen atoms in total. The molecule has 0 saturated heterocycles. The van der Waals surface area contributed by atoms with Crippen molar-refractivity contribution in [3.05, 3.63) is 35.6 Å². The normalized spacial score (nSPS) is 31.7. The van der Waals surface area contributed by atoms with Gasteiger partial charge in [-0.1, -0.05) is 59.6 Å². The number of rotatable bonds is 8. The molecule has 172 valence electrons. The van der Waals surface area contributed by atoms with Gasteiger partial charge in [0.2, 0.25) is 0 Å². The van der Waals surface area contributed by atoms with Crippen molar-refractivity contribution in [2.75, 3.05) is 0 Å². The second kappa shape index (κ2) is 10.4. The molecular weight excluding hydrogens is 373 g/mol. The fourth-order valence-electron chi connectivity index (χ4n) is 6.21. The fourth-order valence-corrected chi connectivity index (χ4v) is 6.21. The van der Waals surface area contributed by atoms with Crippen molar-refractivity contribution in [3.63, 3.8) is 0 Å². The summed E-state index contributed by atoms with van der Waals surface area (Å²) in [5.74, 6) is 2.42. The molecule has 1 aromatic rings. The van der Waals surface area contributed by atoms with Crippen LogP contribution in [0.15, 0.2) is 24.3 Å². The van der Waals surface area contributed by atoms with E-state index in [1.165, 1.54) is 30.4 Å². The van der Waals surface area contributed by atoms with E-state index in [-0.39, 0.29) is 25.0 Å². The molecule has 0 aromatic heterocycles. The van der Waals surface area contributed by atoms with E-state index in [9.17, 15) is 9.18 Å². The smallest absolute Gasteiger partial charge is 0.129 e. The third-order valence-electron chi connectivity index (χ3n) is 8.41. The van der Waals surface area contributed by atoms with Gasteiger partial charge in [-0.05, 0) is 85.3 Å². The number of carbonyl (C=O) groups excluding carboxylic acids is 1. The molecule has 4 rings (SSSR count). The van der Waals surface area contributed by atoms with Crippen LogP contribution in [-0.4, -0.2) is 11.8 Å². The number of carbonyl (C=O) groups is 1. The Morgan fingerprint density at radius 2 is 1.83 bits per heavy atom. The first-order valence-corrected chi connectivity index (χ1v) is 12.2. The molecule has 0 heterocycles. The lowest BCUT2D eigenvalue weighted by Crippen LogP contribution is -2.36. The number of benzene rings is 1. The molecule has 0 spiro atoms. The van der Waals surface area contributed by atoms with E-state index in [4.69, 9.17) is 5.73 Å². The monoisotopic (exact) mass is 419 g/mol. The topological polar surface area (TPSA) is 43.1 Å². The molecule has 0 radical (unpaired) electrons. The summed E-state index contributed by atoms with van der Waals surface area (Å²) in [5, 5.41) is 0. The summed E-state index contributed by atoms with van der Waals surface area (Å²) >= 11 is 0. The van der Waals surface area contributed by atoms with Crippen LogP contribution < -0.4 is 5.73 Å². The molecule has 6 atom stereocenters. The van der Waals surface area contributed by atoms with Gasteiger partial charge in [0.15, 0.2) is 0 Å². The van der Waals surface area contributed by atoms with Gasteiger partial charge in [-0.3, -0.25) is 0 Å². The van der Waals surface area contributed by atoms with Crippen LogP contribution in [0.2, 0.25) is 0 Å². The largest absolute Gasteiger partial charge is 0.327 e. The third-order valence-corrected chi connectivity index (χ3v) is 8.41. The molecule has 0 amide bonds. The number of hydrogen-bond acceptors (Lipinski definition) is 2. The van der Waals surface area contributed by atoms with Gasteiger partial charge in [0.05, 0.1) is 0 Å². The molecule has 3 aliphatic carbocycles. The zero-order chi connectivity index (χ0) is 22.5. The number of nitrogens with two attached hydrogens (primary N) is 1. The van der Waals surface area contributed by atoms with Crippen molar-refractivity contribution < 1.29 is 10.6 Å². The minimum absolute atomic E-state index is 0. The van der Waals surface area contributed by atoms with E-state index in [1.54, 1.807) is 31.9 Å². The van der Waals surface area contributed by atoms with Crippen molar-refractivity contribution in [1.29, 1.82) is 0 Å². The van der Waals surface area contributed by atoms with Crippen LogP contribution in [0, 0.1) is 28.5 Å². The molecule has 4 unspecified atom stereocenters. The SMILES string of the molecule is CC.CC12C3C[C@]1(C)CC[C@H]32.CCCCC(N)C(CCC(C)=O)c1ccc(F)cc1.[HH]. The van der Waals surface area contributed by atoms with Crippen molar-refractivity contribution in [2.24, 2.45) is 28.4 Å². The van der Waals surface area contributed by atoms with Crippen LogP contribution in [0.25, 0.3) is 0 Å². The van der Waals surface area contributed by atoms with Crippen LogP contribution in [0.3, 0.4) is 0 Å². The molecule has 3 saturated carbocycles. The number of unbranched alkanes of at least 4 members (excludes halogenated alkanes) is 1. The number of fused-ring (bicyclic) bond motifs is 1. The molecule has 30 heavy (non-hydrogen) atoms. The van der Waals surface area contributed by atoms with E-state index in [1.807, 2.05) is 13.8 Å². The predicted octanol–water partition coefficient (Wildman–Crippen LogP) is 7.51. The lowest BCUT2D eigenvalue weighted by atomic mass is 9.61. The second-order valence-corrected chi connectivity index (χ2v) is 10.0. The van der Waals surface area contributed by atoms with E-state index in [0.717, 1.165) is 42.1 Å². The highest BCUT2D eigenvalue weighted by Gasteiger charge is 2.80. The summed E-state index contributed by atoms with van der Waals surface area (Å²) in [5.41, 5.74) is 8.95. The van der Waals surface area contributed by atoms with Crippen molar-refractivity contribution in [3.8, 4) is 0 Å². The van der Waals surface area contributed by atoms with E-state index in [0.29, 0.717) is 6.42 Å². The maximum absolute atomic E-state index is 13.0. The maximum Gasteiger partial charge on any atom is 0.129 e. The van der Waals surface area contributed by atoms with Crippen molar-refractivity contribution in [2.45, 2.75) is 105 Å². The van der Waals surface area contributed by atoms with Gasteiger partial charge in [0, 0.05) is 13.9 Å². The Morgan fingerprint density at radius 3 is 2.20 bits per heavy atom.